The van der Waals surface area contributed by atoms with Crippen molar-refractivity contribution >= 4 is 5.91 Å². The highest BCUT2D eigenvalue weighted by Gasteiger charge is 2.23. The molecule has 3 aliphatic heterocycles. The first-order valence-electron chi connectivity index (χ1n) is 5.29. The SMILES string of the molecule is NC(=O)C1=CC=CN2C=C3C=CC=CN3C=C12. The Morgan fingerprint density at radius 2 is 1.88 bits per heavy atom. The third kappa shape index (κ3) is 1.50. The number of carbonyl (C=O) groups is 1. The number of carbonyl (C=O) groups excluding carboxylic acids is 1. The van der Waals surface area contributed by atoms with Crippen molar-refractivity contribution in [1.82, 2.24) is 9.80 Å². The van der Waals surface area contributed by atoms with E-state index in [2.05, 4.69) is 0 Å². The van der Waals surface area contributed by atoms with Gasteiger partial charge in [-0.3, -0.25) is 4.79 Å². The molecule has 3 aliphatic rings. The molecule has 0 spiro atoms. The summed E-state index contributed by atoms with van der Waals surface area (Å²) in [5, 5.41) is 0. The van der Waals surface area contributed by atoms with Crippen LogP contribution >= 0.6 is 0 Å². The largest absolute Gasteiger partial charge is 0.366 e. The molecule has 4 heteroatoms. The van der Waals surface area contributed by atoms with Crippen molar-refractivity contribution < 1.29 is 4.79 Å². The van der Waals surface area contributed by atoms with Crippen LogP contribution in [0.3, 0.4) is 0 Å². The minimum atomic E-state index is -0.418. The standard InChI is InChI=1S/C13H11N3O/c14-13(17)11-5-3-7-16-8-10-4-1-2-6-15(10)9-12(11)16/h1-9H,(H2,14,17). The summed E-state index contributed by atoms with van der Waals surface area (Å²) in [7, 11) is 0. The van der Waals surface area contributed by atoms with E-state index in [1.165, 1.54) is 0 Å². The van der Waals surface area contributed by atoms with Gasteiger partial charge in [-0.25, -0.2) is 0 Å². The molecule has 17 heavy (non-hydrogen) atoms. The summed E-state index contributed by atoms with van der Waals surface area (Å²) >= 11 is 0. The Morgan fingerprint density at radius 1 is 1.06 bits per heavy atom. The predicted molar refractivity (Wildman–Crippen MR) is 64.5 cm³/mol. The van der Waals surface area contributed by atoms with Crippen LogP contribution in [0.4, 0.5) is 0 Å². The lowest BCUT2D eigenvalue weighted by Crippen LogP contribution is -2.29. The molecule has 84 valence electrons. The van der Waals surface area contributed by atoms with Gasteiger partial charge >= 0.3 is 0 Å². The number of nitrogens with zero attached hydrogens (tertiary/aromatic N) is 2. The van der Waals surface area contributed by atoms with Crippen molar-refractivity contribution in [3.63, 3.8) is 0 Å². The number of hydrogen-bond donors (Lipinski definition) is 1. The third-order valence-electron chi connectivity index (χ3n) is 2.78. The van der Waals surface area contributed by atoms with Crippen LogP contribution in [0.15, 0.2) is 72.1 Å². The summed E-state index contributed by atoms with van der Waals surface area (Å²) in [5.74, 6) is -0.418. The zero-order chi connectivity index (χ0) is 11.8. The Labute approximate surface area is 99.0 Å². The average Bonchev–Trinajstić information content (AvgIpc) is 2.35. The van der Waals surface area contributed by atoms with Gasteiger partial charge in [0.2, 0.25) is 0 Å². The minimum Gasteiger partial charge on any atom is -0.366 e. The van der Waals surface area contributed by atoms with Gasteiger partial charge in [0.25, 0.3) is 5.91 Å². The Kier molecular flexibility index (Phi) is 2.01. The van der Waals surface area contributed by atoms with Gasteiger partial charge in [-0.15, -0.1) is 0 Å². The van der Waals surface area contributed by atoms with Gasteiger partial charge in [0.05, 0.1) is 17.0 Å². The van der Waals surface area contributed by atoms with Crippen LogP contribution in [0.1, 0.15) is 0 Å². The van der Waals surface area contributed by atoms with Crippen LogP contribution in [0.5, 0.6) is 0 Å². The quantitative estimate of drug-likeness (QED) is 0.732. The van der Waals surface area contributed by atoms with E-state index in [1.54, 1.807) is 6.08 Å². The summed E-state index contributed by atoms with van der Waals surface area (Å²) in [5.41, 5.74) is 7.72. The van der Waals surface area contributed by atoms with Gasteiger partial charge in [0, 0.05) is 24.8 Å². The van der Waals surface area contributed by atoms with Crippen molar-refractivity contribution in [2.75, 3.05) is 0 Å². The topological polar surface area (TPSA) is 49.6 Å². The molecule has 3 heterocycles. The molecule has 0 radical (unpaired) electrons. The molecule has 0 aromatic heterocycles. The van der Waals surface area contributed by atoms with E-state index in [1.807, 2.05) is 58.9 Å². The Bertz CT molecular complexity index is 561. The van der Waals surface area contributed by atoms with E-state index in [0.717, 1.165) is 11.4 Å². The van der Waals surface area contributed by atoms with E-state index in [0.29, 0.717) is 5.57 Å². The van der Waals surface area contributed by atoms with Gasteiger partial charge in [-0.05, 0) is 24.3 Å². The van der Waals surface area contributed by atoms with Crippen molar-refractivity contribution in [3.8, 4) is 0 Å². The van der Waals surface area contributed by atoms with E-state index < -0.39 is 5.91 Å². The first-order chi connectivity index (χ1) is 8.25. The number of nitrogens with two attached hydrogens (primary N) is 1. The molecule has 3 rings (SSSR count). The Morgan fingerprint density at radius 3 is 2.71 bits per heavy atom. The molecule has 0 aromatic carbocycles. The summed E-state index contributed by atoms with van der Waals surface area (Å²) in [6, 6.07) is 0. The summed E-state index contributed by atoms with van der Waals surface area (Å²) < 4.78 is 0. The van der Waals surface area contributed by atoms with Gasteiger partial charge in [0.1, 0.15) is 0 Å². The van der Waals surface area contributed by atoms with Crippen LogP contribution < -0.4 is 5.73 Å². The zero-order valence-corrected chi connectivity index (χ0v) is 9.08. The van der Waals surface area contributed by atoms with Gasteiger partial charge in [-0.2, -0.15) is 0 Å². The van der Waals surface area contributed by atoms with E-state index in [-0.39, 0.29) is 0 Å². The molecule has 1 amide bonds. The lowest BCUT2D eigenvalue weighted by Gasteiger charge is -2.33. The lowest BCUT2D eigenvalue weighted by molar-refractivity contribution is -0.114. The van der Waals surface area contributed by atoms with Crippen molar-refractivity contribution in [2.45, 2.75) is 0 Å². The fourth-order valence-corrected chi connectivity index (χ4v) is 1.96. The van der Waals surface area contributed by atoms with Gasteiger partial charge in [-0.1, -0.05) is 6.08 Å². The van der Waals surface area contributed by atoms with E-state index in [4.69, 9.17) is 5.73 Å². The molecule has 0 aromatic rings. The Hall–Kier alpha value is -2.49. The smallest absolute Gasteiger partial charge is 0.250 e. The normalized spacial score (nSPS) is 20.4. The average molecular weight is 225 g/mol. The maximum Gasteiger partial charge on any atom is 0.250 e. The first kappa shape index (κ1) is 9.72. The summed E-state index contributed by atoms with van der Waals surface area (Å²) in [6.07, 6.45) is 17.2. The zero-order valence-electron chi connectivity index (χ0n) is 9.08. The highest BCUT2D eigenvalue weighted by Crippen LogP contribution is 2.29. The molecule has 0 unspecified atom stereocenters. The second-order valence-electron chi connectivity index (χ2n) is 3.87. The molecule has 0 atom stereocenters. The van der Waals surface area contributed by atoms with E-state index >= 15 is 0 Å². The van der Waals surface area contributed by atoms with Crippen LogP contribution in [0.25, 0.3) is 0 Å². The predicted octanol–water partition coefficient (Wildman–Crippen LogP) is 1.31. The fraction of sp³-hybridized carbons (Fsp3) is 0. The summed E-state index contributed by atoms with van der Waals surface area (Å²) in [6.45, 7) is 0. The third-order valence-corrected chi connectivity index (χ3v) is 2.78. The molecule has 0 bridgehead atoms. The highest BCUT2D eigenvalue weighted by atomic mass is 16.1. The molecule has 4 nitrogen and oxygen atoms in total. The number of hydrogen-bond acceptors (Lipinski definition) is 3. The van der Waals surface area contributed by atoms with Crippen molar-refractivity contribution in [3.05, 3.63) is 72.1 Å². The lowest BCUT2D eigenvalue weighted by atomic mass is 10.1. The monoisotopic (exact) mass is 225 g/mol. The van der Waals surface area contributed by atoms with Crippen LogP contribution in [-0.2, 0) is 4.79 Å². The van der Waals surface area contributed by atoms with Crippen molar-refractivity contribution in [1.29, 1.82) is 0 Å². The molecule has 2 N–H and O–H groups in total. The second kappa shape index (κ2) is 3.52. The van der Waals surface area contributed by atoms with Gasteiger partial charge in [0.15, 0.2) is 0 Å². The van der Waals surface area contributed by atoms with Crippen LogP contribution in [-0.4, -0.2) is 15.7 Å². The van der Waals surface area contributed by atoms with Gasteiger partial charge < -0.3 is 15.5 Å². The Balaban J connectivity index is 2.05. The number of rotatable bonds is 1. The molecule has 0 fully saturated rings. The number of primary amides is 1. The second-order valence-corrected chi connectivity index (χ2v) is 3.87. The molecule has 0 aliphatic carbocycles. The molecular formula is C13H11N3O. The molecule has 0 saturated carbocycles. The first-order valence-corrected chi connectivity index (χ1v) is 5.29. The number of amides is 1. The fourth-order valence-electron chi connectivity index (χ4n) is 1.96. The highest BCUT2D eigenvalue weighted by molar-refractivity contribution is 5.97. The number of allylic oxidation sites excluding steroid dienone is 5. The minimum absolute atomic E-state index is 0.418. The maximum atomic E-state index is 11.4. The number of fused-ring (bicyclic) bond motifs is 2. The molecule has 0 saturated heterocycles. The van der Waals surface area contributed by atoms with Crippen molar-refractivity contribution in [2.24, 2.45) is 5.73 Å². The van der Waals surface area contributed by atoms with E-state index in [9.17, 15) is 4.79 Å². The van der Waals surface area contributed by atoms with Crippen LogP contribution in [0.2, 0.25) is 0 Å². The molecular weight excluding hydrogens is 214 g/mol. The summed E-state index contributed by atoms with van der Waals surface area (Å²) in [4.78, 5) is 15.2. The maximum absolute atomic E-state index is 11.4. The van der Waals surface area contributed by atoms with Crippen LogP contribution in [0, 0.1) is 0 Å².